The lowest BCUT2D eigenvalue weighted by Gasteiger charge is -2.24. The Morgan fingerprint density at radius 3 is 2.26 bits per heavy atom. The van der Waals surface area contributed by atoms with Crippen LogP contribution in [0, 0.1) is 0 Å². The third-order valence-electron chi connectivity index (χ3n) is 4.62. The number of likely N-dealkylation sites (N-methyl/N-ethyl adjacent to an activating group) is 1. The molecular formula is C23H35IN4O3. The Morgan fingerprint density at radius 2 is 1.71 bits per heavy atom. The number of guanidine groups is 1. The monoisotopic (exact) mass is 542 g/mol. The highest BCUT2D eigenvalue weighted by Crippen LogP contribution is 2.30. The number of nitrogens with one attached hydrogen (secondary N) is 2. The minimum Gasteiger partial charge on any atom is -0.497 e. The molecule has 0 heterocycles. The van der Waals surface area contributed by atoms with E-state index in [0.29, 0.717) is 30.6 Å². The van der Waals surface area contributed by atoms with E-state index in [1.54, 1.807) is 14.2 Å². The van der Waals surface area contributed by atoms with Gasteiger partial charge in [0.2, 0.25) is 0 Å². The van der Waals surface area contributed by atoms with Crippen molar-refractivity contribution in [1.29, 1.82) is 0 Å². The number of ether oxygens (including phenoxy) is 3. The van der Waals surface area contributed by atoms with Gasteiger partial charge in [-0.05, 0) is 57.8 Å². The van der Waals surface area contributed by atoms with E-state index in [-0.39, 0.29) is 30.0 Å². The second-order valence-corrected chi connectivity index (χ2v) is 6.90. The third kappa shape index (κ3) is 8.10. The predicted octanol–water partition coefficient (Wildman–Crippen LogP) is 4.40. The standard InChI is InChI=1S/C23H34N4O3.HI/c1-7-24-23(26-18-11-14-21(29-6)22(15-18)30-8-2)25-16-20(27(3)4)17-9-12-19(28-5)13-10-17;/h9-15,20H,7-8,16H2,1-6H3,(H2,24,25,26);1H. The zero-order valence-electron chi connectivity index (χ0n) is 19.3. The van der Waals surface area contributed by atoms with E-state index in [4.69, 9.17) is 19.2 Å². The lowest BCUT2D eigenvalue weighted by Crippen LogP contribution is -2.32. The summed E-state index contributed by atoms with van der Waals surface area (Å²) in [6.07, 6.45) is 0. The Balaban J connectivity index is 0.00000480. The fraction of sp³-hybridized carbons (Fsp3) is 0.435. The lowest BCUT2D eigenvalue weighted by molar-refractivity contribution is 0.306. The first-order valence-electron chi connectivity index (χ1n) is 10.2. The molecule has 2 aromatic carbocycles. The summed E-state index contributed by atoms with van der Waals surface area (Å²) in [5, 5.41) is 6.66. The van der Waals surface area contributed by atoms with Crippen molar-refractivity contribution >= 4 is 35.6 Å². The molecule has 2 aromatic rings. The van der Waals surface area contributed by atoms with Crippen molar-refractivity contribution in [3.63, 3.8) is 0 Å². The van der Waals surface area contributed by atoms with Gasteiger partial charge in [-0.1, -0.05) is 12.1 Å². The smallest absolute Gasteiger partial charge is 0.195 e. The number of methoxy groups -OCH3 is 2. The van der Waals surface area contributed by atoms with Crippen LogP contribution in [-0.4, -0.2) is 58.9 Å². The number of hydrogen-bond donors (Lipinski definition) is 2. The fourth-order valence-electron chi connectivity index (χ4n) is 3.04. The molecule has 0 radical (unpaired) electrons. The number of hydrogen-bond acceptors (Lipinski definition) is 5. The van der Waals surface area contributed by atoms with Crippen molar-refractivity contribution in [3.8, 4) is 17.2 Å². The maximum absolute atomic E-state index is 5.67. The van der Waals surface area contributed by atoms with E-state index >= 15 is 0 Å². The highest BCUT2D eigenvalue weighted by molar-refractivity contribution is 14.0. The second kappa shape index (κ2) is 14.0. The summed E-state index contributed by atoms with van der Waals surface area (Å²) in [6, 6.07) is 14.0. The van der Waals surface area contributed by atoms with E-state index in [1.807, 2.05) is 44.2 Å². The van der Waals surface area contributed by atoms with Crippen LogP contribution in [0.3, 0.4) is 0 Å². The Kier molecular flexibility index (Phi) is 12.1. The number of benzene rings is 2. The molecule has 0 fully saturated rings. The highest BCUT2D eigenvalue weighted by atomic mass is 127. The van der Waals surface area contributed by atoms with E-state index in [1.165, 1.54) is 5.56 Å². The molecule has 0 saturated heterocycles. The van der Waals surface area contributed by atoms with Crippen LogP contribution in [0.2, 0.25) is 0 Å². The van der Waals surface area contributed by atoms with Gasteiger partial charge in [0.15, 0.2) is 17.5 Å². The van der Waals surface area contributed by atoms with Crippen LogP contribution in [0.15, 0.2) is 47.5 Å². The molecule has 1 unspecified atom stereocenters. The Hall–Kier alpha value is -2.20. The van der Waals surface area contributed by atoms with Gasteiger partial charge in [-0.25, -0.2) is 0 Å². The largest absolute Gasteiger partial charge is 0.497 e. The van der Waals surface area contributed by atoms with Crippen molar-refractivity contribution in [2.75, 3.05) is 53.3 Å². The molecule has 0 spiro atoms. The van der Waals surface area contributed by atoms with E-state index in [2.05, 4.69) is 41.8 Å². The third-order valence-corrected chi connectivity index (χ3v) is 4.62. The van der Waals surface area contributed by atoms with Crippen molar-refractivity contribution < 1.29 is 14.2 Å². The van der Waals surface area contributed by atoms with Gasteiger partial charge < -0.3 is 29.7 Å². The molecule has 172 valence electrons. The average molecular weight is 542 g/mol. The number of halogens is 1. The molecule has 0 amide bonds. The fourth-order valence-corrected chi connectivity index (χ4v) is 3.04. The molecule has 7 nitrogen and oxygen atoms in total. The van der Waals surface area contributed by atoms with Crippen LogP contribution < -0.4 is 24.8 Å². The quantitative estimate of drug-likeness (QED) is 0.264. The molecule has 0 aliphatic rings. The number of aliphatic imine (C=N–C) groups is 1. The molecule has 2 rings (SSSR count). The molecule has 1 atom stereocenters. The molecule has 0 aliphatic carbocycles. The predicted molar refractivity (Wildman–Crippen MR) is 139 cm³/mol. The van der Waals surface area contributed by atoms with Crippen molar-refractivity contribution in [3.05, 3.63) is 48.0 Å². The van der Waals surface area contributed by atoms with Gasteiger partial charge >= 0.3 is 0 Å². The molecular weight excluding hydrogens is 507 g/mol. The molecule has 31 heavy (non-hydrogen) atoms. The van der Waals surface area contributed by atoms with Gasteiger partial charge in [0.1, 0.15) is 5.75 Å². The van der Waals surface area contributed by atoms with Crippen molar-refractivity contribution in [2.24, 2.45) is 4.99 Å². The van der Waals surface area contributed by atoms with Crippen LogP contribution in [0.1, 0.15) is 25.5 Å². The molecule has 0 aliphatic heterocycles. The molecule has 0 bridgehead atoms. The SMILES string of the molecule is CCNC(=NCC(c1ccc(OC)cc1)N(C)C)Nc1ccc(OC)c(OCC)c1.I. The summed E-state index contributed by atoms with van der Waals surface area (Å²) >= 11 is 0. The Morgan fingerprint density at radius 1 is 1.00 bits per heavy atom. The zero-order valence-corrected chi connectivity index (χ0v) is 21.6. The maximum atomic E-state index is 5.67. The minimum absolute atomic E-state index is 0. The number of nitrogens with zero attached hydrogens (tertiary/aromatic N) is 2. The molecule has 2 N–H and O–H groups in total. The van der Waals surface area contributed by atoms with Crippen LogP contribution in [-0.2, 0) is 0 Å². The van der Waals surface area contributed by atoms with Gasteiger partial charge in [-0.2, -0.15) is 0 Å². The number of rotatable bonds is 10. The summed E-state index contributed by atoms with van der Waals surface area (Å²) in [5.41, 5.74) is 2.06. The van der Waals surface area contributed by atoms with E-state index in [0.717, 1.165) is 18.0 Å². The highest BCUT2D eigenvalue weighted by Gasteiger charge is 2.14. The van der Waals surface area contributed by atoms with E-state index in [9.17, 15) is 0 Å². The average Bonchev–Trinajstić information content (AvgIpc) is 2.74. The van der Waals surface area contributed by atoms with Crippen LogP contribution >= 0.6 is 24.0 Å². The van der Waals surface area contributed by atoms with Crippen LogP contribution in [0.4, 0.5) is 5.69 Å². The van der Waals surface area contributed by atoms with Crippen LogP contribution in [0.25, 0.3) is 0 Å². The minimum atomic E-state index is 0. The lowest BCUT2D eigenvalue weighted by atomic mass is 10.1. The van der Waals surface area contributed by atoms with Gasteiger partial charge in [-0.15, -0.1) is 24.0 Å². The summed E-state index contributed by atoms with van der Waals surface area (Å²) in [4.78, 5) is 6.98. The first-order chi connectivity index (χ1) is 14.5. The van der Waals surface area contributed by atoms with Gasteiger partial charge in [0.25, 0.3) is 0 Å². The van der Waals surface area contributed by atoms with Crippen molar-refractivity contribution in [1.82, 2.24) is 10.2 Å². The Bertz CT molecular complexity index is 813. The Labute approximate surface area is 203 Å². The summed E-state index contributed by atoms with van der Waals surface area (Å²) < 4.78 is 16.3. The number of anilines is 1. The maximum Gasteiger partial charge on any atom is 0.195 e. The summed E-state index contributed by atoms with van der Waals surface area (Å²) in [7, 11) is 7.43. The second-order valence-electron chi connectivity index (χ2n) is 6.90. The first kappa shape index (κ1) is 26.8. The van der Waals surface area contributed by atoms with Gasteiger partial charge in [0, 0.05) is 18.3 Å². The summed E-state index contributed by atoms with van der Waals surface area (Å²) in [5.74, 6) is 2.96. The van der Waals surface area contributed by atoms with E-state index < -0.39 is 0 Å². The molecule has 0 aromatic heterocycles. The van der Waals surface area contributed by atoms with Gasteiger partial charge in [0.05, 0.1) is 33.4 Å². The van der Waals surface area contributed by atoms with Gasteiger partial charge in [-0.3, -0.25) is 4.99 Å². The molecule has 8 heteroatoms. The van der Waals surface area contributed by atoms with Crippen LogP contribution in [0.5, 0.6) is 17.2 Å². The van der Waals surface area contributed by atoms with Crippen molar-refractivity contribution in [2.45, 2.75) is 19.9 Å². The zero-order chi connectivity index (χ0) is 21.9. The first-order valence-corrected chi connectivity index (χ1v) is 10.2. The molecule has 0 saturated carbocycles. The topological polar surface area (TPSA) is 67.4 Å². The normalized spacial score (nSPS) is 12.0. The summed E-state index contributed by atoms with van der Waals surface area (Å²) in [6.45, 7) is 5.92.